The summed E-state index contributed by atoms with van der Waals surface area (Å²) in [5.41, 5.74) is 0.953. The normalized spacial score (nSPS) is 24.0. The Morgan fingerprint density at radius 3 is 1.68 bits per heavy atom. The maximum absolute atomic E-state index is 13.0. The molecule has 0 N–H and O–H groups in total. The summed E-state index contributed by atoms with van der Waals surface area (Å²) in [6.45, 7) is 6.61. The van der Waals surface area contributed by atoms with Crippen LogP contribution in [0.5, 0.6) is 11.5 Å². The van der Waals surface area contributed by atoms with Gasteiger partial charge in [-0.1, -0.05) is 78.6 Å². The third-order valence-electron chi connectivity index (χ3n) is 8.77. The van der Waals surface area contributed by atoms with Crippen LogP contribution in [-0.4, -0.2) is 11.9 Å². The molecule has 0 aromatic heterocycles. The van der Waals surface area contributed by atoms with Gasteiger partial charge in [0.15, 0.2) is 0 Å². The number of carbonyl (C=O) groups is 2. The Kier molecular flexibility index (Phi) is 13.0. The molecule has 0 amide bonds. The van der Waals surface area contributed by atoms with Crippen molar-refractivity contribution in [2.45, 2.75) is 136 Å². The van der Waals surface area contributed by atoms with E-state index in [1.165, 1.54) is 51.4 Å². The van der Waals surface area contributed by atoms with Gasteiger partial charge in [-0.3, -0.25) is 9.59 Å². The first-order valence-electron chi connectivity index (χ1n) is 15.6. The minimum atomic E-state index is -0.102. The van der Waals surface area contributed by atoms with Crippen LogP contribution in [0, 0.1) is 23.7 Å². The molecule has 1 aromatic carbocycles. The summed E-state index contributed by atoms with van der Waals surface area (Å²) in [5.74, 6) is 2.57. The van der Waals surface area contributed by atoms with E-state index in [-0.39, 0.29) is 23.8 Å². The van der Waals surface area contributed by atoms with Gasteiger partial charge in [0.05, 0.1) is 11.8 Å². The number of benzene rings is 1. The molecular weight excluding hydrogens is 460 g/mol. The number of rotatable bonds is 14. The fourth-order valence-electron chi connectivity index (χ4n) is 6.31. The van der Waals surface area contributed by atoms with Crippen molar-refractivity contribution in [1.29, 1.82) is 0 Å². The third kappa shape index (κ3) is 9.76. The Balaban J connectivity index is 1.49. The first-order valence-corrected chi connectivity index (χ1v) is 15.6. The standard InChI is InChI=1S/C33H52O4/c1-4-7-9-12-25-14-18-27(19-15-25)32(34)36-30-22-23-31(29(24-30)11-6-3)37-33(35)28-20-16-26(17-21-28)13-10-8-5-2/h22-28H,4-21H2,1-3H3. The van der Waals surface area contributed by atoms with E-state index in [0.717, 1.165) is 81.6 Å². The monoisotopic (exact) mass is 512 g/mol. The van der Waals surface area contributed by atoms with Gasteiger partial charge in [0.25, 0.3) is 0 Å². The van der Waals surface area contributed by atoms with Crippen LogP contribution in [-0.2, 0) is 16.0 Å². The smallest absolute Gasteiger partial charge is 0.314 e. The fraction of sp³-hybridized carbons (Fsp3) is 0.758. The second kappa shape index (κ2) is 16.2. The Bertz CT molecular complexity index is 816. The van der Waals surface area contributed by atoms with Gasteiger partial charge in [-0.2, -0.15) is 0 Å². The molecule has 1 aromatic rings. The van der Waals surface area contributed by atoms with E-state index < -0.39 is 0 Å². The molecule has 0 radical (unpaired) electrons. The lowest BCUT2D eigenvalue weighted by atomic mass is 9.80. The van der Waals surface area contributed by atoms with Crippen LogP contribution >= 0.6 is 0 Å². The quantitative estimate of drug-likeness (QED) is 0.142. The zero-order valence-corrected chi connectivity index (χ0v) is 23.9. The average molecular weight is 513 g/mol. The molecule has 3 rings (SSSR count). The summed E-state index contributed by atoms with van der Waals surface area (Å²) in [7, 11) is 0. The molecule has 2 fully saturated rings. The van der Waals surface area contributed by atoms with Gasteiger partial charge in [0.2, 0.25) is 0 Å². The number of esters is 2. The summed E-state index contributed by atoms with van der Waals surface area (Å²) in [4.78, 5) is 25.8. The van der Waals surface area contributed by atoms with Gasteiger partial charge in [0.1, 0.15) is 11.5 Å². The van der Waals surface area contributed by atoms with Crippen molar-refractivity contribution >= 4 is 11.9 Å². The molecule has 0 heterocycles. The molecule has 2 saturated carbocycles. The molecule has 0 bridgehead atoms. The van der Waals surface area contributed by atoms with Gasteiger partial charge < -0.3 is 9.47 Å². The second-order valence-electron chi connectivity index (χ2n) is 11.8. The van der Waals surface area contributed by atoms with Gasteiger partial charge in [0, 0.05) is 0 Å². The van der Waals surface area contributed by atoms with E-state index >= 15 is 0 Å². The lowest BCUT2D eigenvalue weighted by molar-refractivity contribution is -0.141. The van der Waals surface area contributed by atoms with E-state index in [9.17, 15) is 9.59 Å². The zero-order valence-electron chi connectivity index (χ0n) is 23.9. The Morgan fingerprint density at radius 1 is 0.676 bits per heavy atom. The number of hydrogen-bond acceptors (Lipinski definition) is 4. The summed E-state index contributed by atoms with van der Waals surface area (Å²) in [6, 6.07) is 5.53. The number of aryl methyl sites for hydroxylation is 1. The number of unbranched alkanes of at least 4 members (excludes halogenated alkanes) is 4. The van der Waals surface area contributed by atoms with E-state index in [2.05, 4.69) is 20.8 Å². The van der Waals surface area contributed by atoms with Crippen molar-refractivity contribution in [3.05, 3.63) is 23.8 Å². The van der Waals surface area contributed by atoms with Crippen molar-refractivity contribution in [3.63, 3.8) is 0 Å². The van der Waals surface area contributed by atoms with Gasteiger partial charge in [-0.25, -0.2) is 0 Å². The Hall–Kier alpha value is -1.84. The summed E-state index contributed by atoms with van der Waals surface area (Å²) < 4.78 is 11.7. The predicted octanol–water partition coefficient (Wildman–Crippen LogP) is 9.22. The van der Waals surface area contributed by atoms with Crippen LogP contribution in [0.15, 0.2) is 18.2 Å². The lowest BCUT2D eigenvalue weighted by Crippen LogP contribution is -2.26. The van der Waals surface area contributed by atoms with Crippen LogP contribution < -0.4 is 9.47 Å². The van der Waals surface area contributed by atoms with Crippen LogP contribution in [0.25, 0.3) is 0 Å². The van der Waals surface area contributed by atoms with Crippen molar-refractivity contribution in [2.75, 3.05) is 0 Å². The molecule has 0 unspecified atom stereocenters. The van der Waals surface area contributed by atoms with Crippen LogP contribution in [0.4, 0.5) is 0 Å². The fourth-order valence-corrected chi connectivity index (χ4v) is 6.31. The first-order chi connectivity index (χ1) is 18.0. The molecule has 4 nitrogen and oxygen atoms in total. The van der Waals surface area contributed by atoms with Crippen LogP contribution in [0.3, 0.4) is 0 Å². The number of ether oxygens (including phenoxy) is 2. The summed E-state index contributed by atoms with van der Waals surface area (Å²) in [6.07, 6.45) is 20.4. The molecule has 0 saturated heterocycles. The van der Waals surface area contributed by atoms with Crippen molar-refractivity contribution in [1.82, 2.24) is 0 Å². The predicted molar refractivity (Wildman–Crippen MR) is 151 cm³/mol. The maximum Gasteiger partial charge on any atom is 0.314 e. The Labute approximate surface area is 226 Å². The molecule has 4 heteroatoms. The highest BCUT2D eigenvalue weighted by Gasteiger charge is 2.29. The molecule has 0 atom stereocenters. The molecule has 0 aliphatic heterocycles. The van der Waals surface area contributed by atoms with E-state index in [4.69, 9.17) is 9.47 Å². The van der Waals surface area contributed by atoms with Crippen LogP contribution in [0.2, 0.25) is 0 Å². The van der Waals surface area contributed by atoms with Crippen molar-refractivity contribution < 1.29 is 19.1 Å². The molecule has 37 heavy (non-hydrogen) atoms. The van der Waals surface area contributed by atoms with E-state index in [1.807, 2.05) is 12.1 Å². The molecular formula is C33H52O4. The number of carbonyl (C=O) groups excluding carboxylic acids is 2. The molecule has 208 valence electrons. The molecule has 0 spiro atoms. The number of hydrogen-bond donors (Lipinski definition) is 0. The van der Waals surface area contributed by atoms with E-state index in [1.54, 1.807) is 6.07 Å². The average Bonchev–Trinajstić information content (AvgIpc) is 2.91. The van der Waals surface area contributed by atoms with Gasteiger partial charge in [-0.15, -0.1) is 0 Å². The van der Waals surface area contributed by atoms with Crippen LogP contribution in [0.1, 0.15) is 135 Å². The third-order valence-corrected chi connectivity index (χ3v) is 8.77. The maximum atomic E-state index is 13.0. The molecule has 2 aliphatic rings. The first kappa shape index (κ1) is 29.7. The lowest BCUT2D eigenvalue weighted by Gasteiger charge is -2.27. The SMILES string of the molecule is CCCCCC1CCC(C(=O)Oc2ccc(OC(=O)C3CCC(CCCCC)CC3)c(CCC)c2)CC1. The topological polar surface area (TPSA) is 52.6 Å². The largest absolute Gasteiger partial charge is 0.426 e. The minimum Gasteiger partial charge on any atom is -0.426 e. The highest BCUT2D eigenvalue weighted by molar-refractivity contribution is 5.77. The summed E-state index contributed by atoms with van der Waals surface area (Å²) >= 11 is 0. The second-order valence-corrected chi connectivity index (χ2v) is 11.8. The van der Waals surface area contributed by atoms with Crippen molar-refractivity contribution in [3.8, 4) is 11.5 Å². The summed E-state index contributed by atoms with van der Waals surface area (Å²) in [5, 5.41) is 0. The highest BCUT2D eigenvalue weighted by Crippen LogP contribution is 2.35. The van der Waals surface area contributed by atoms with Crippen molar-refractivity contribution in [2.24, 2.45) is 23.7 Å². The van der Waals surface area contributed by atoms with Gasteiger partial charge >= 0.3 is 11.9 Å². The zero-order chi connectivity index (χ0) is 26.5. The molecule has 2 aliphatic carbocycles. The highest BCUT2D eigenvalue weighted by atomic mass is 16.5. The van der Waals surface area contributed by atoms with Gasteiger partial charge in [-0.05, 0) is 93.4 Å². The minimum absolute atomic E-state index is 0.00602. The van der Waals surface area contributed by atoms with E-state index in [0.29, 0.717) is 11.5 Å². The Morgan fingerprint density at radius 2 is 1.19 bits per heavy atom.